The number of rotatable bonds is 2. The predicted octanol–water partition coefficient (Wildman–Crippen LogP) is 5.03. The van der Waals surface area contributed by atoms with E-state index in [0.717, 1.165) is 39.2 Å². The van der Waals surface area contributed by atoms with Crippen molar-refractivity contribution in [2.75, 3.05) is 0 Å². The third kappa shape index (κ3) is 2.18. The summed E-state index contributed by atoms with van der Waals surface area (Å²) in [5.74, 6) is 0. The molecule has 6 rings (SSSR count). The van der Waals surface area contributed by atoms with Gasteiger partial charge in [-0.25, -0.2) is 9.50 Å². The second-order valence-electron chi connectivity index (χ2n) is 6.69. The zero-order valence-electron chi connectivity index (χ0n) is 14.3. The molecule has 6 aromatic rings. The van der Waals surface area contributed by atoms with Gasteiger partial charge in [-0.2, -0.15) is 5.10 Å². The molecule has 5 heteroatoms. The molecule has 27 heavy (non-hydrogen) atoms. The third-order valence-corrected chi connectivity index (χ3v) is 5.06. The fourth-order valence-electron chi connectivity index (χ4n) is 3.65. The van der Waals surface area contributed by atoms with E-state index in [9.17, 15) is 0 Å². The number of hydrogen-bond donors (Lipinski definition) is 2. The molecule has 4 heterocycles. The van der Waals surface area contributed by atoms with Crippen molar-refractivity contribution in [1.82, 2.24) is 24.6 Å². The standard InChI is InChI=1S/C22H15N5/c1-3-18-15(7-9-23-18)11-14(1)20-5-6-22-25-13-21(27(22)26-20)17-2-4-19-16(12-17)8-10-24-19/h1-13,23-24H. The summed E-state index contributed by atoms with van der Waals surface area (Å²) < 4.78 is 1.92. The molecular weight excluding hydrogens is 334 g/mol. The van der Waals surface area contributed by atoms with Gasteiger partial charge in [0.15, 0.2) is 5.65 Å². The number of H-pyrrole nitrogens is 2. The van der Waals surface area contributed by atoms with Crippen LogP contribution in [0.1, 0.15) is 0 Å². The number of imidazole rings is 1. The quantitative estimate of drug-likeness (QED) is 0.461. The highest BCUT2D eigenvalue weighted by molar-refractivity contribution is 5.85. The molecule has 5 nitrogen and oxygen atoms in total. The van der Waals surface area contributed by atoms with Crippen molar-refractivity contribution in [3.05, 3.63) is 79.3 Å². The maximum absolute atomic E-state index is 4.88. The van der Waals surface area contributed by atoms with Crippen LogP contribution in [0.3, 0.4) is 0 Å². The Morgan fingerprint density at radius 2 is 1.41 bits per heavy atom. The molecule has 0 spiro atoms. The second-order valence-corrected chi connectivity index (χ2v) is 6.69. The Bertz CT molecular complexity index is 1430. The molecule has 0 unspecified atom stereocenters. The van der Waals surface area contributed by atoms with E-state index in [2.05, 4.69) is 63.5 Å². The van der Waals surface area contributed by atoms with Crippen molar-refractivity contribution < 1.29 is 0 Å². The number of nitrogens with zero attached hydrogens (tertiary/aromatic N) is 3. The van der Waals surface area contributed by atoms with Gasteiger partial charge in [-0.3, -0.25) is 0 Å². The van der Waals surface area contributed by atoms with Gasteiger partial charge in [0.2, 0.25) is 0 Å². The summed E-state index contributed by atoms with van der Waals surface area (Å²) in [6.07, 6.45) is 5.79. The summed E-state index contributed by atoms with van der Waals surface area (Å²) in [6, 6.07) is 20.9. The monoisotopic (exact) mass is 349 g/mol. The number of aromatic nitrogens is 5. The molecule has 0 aliphatic heterocycles. The first-order chi connectivity index (χ1) is 13.3. The molecule has 0 aliphatic carbocycles. The van der Waals surface area contributed by atoms with Crippen molar-refractivity contribution in [2.45, 2.75) is 0 Å². The Morgan fingerprint density at radius 1 is 0.704 bits per heavy atom. The summed E-state index contributed by atoms with van der Waals surface area (Å²) >= 11 is 0. The first-order valence-electron chi connectivity index (χ1n) is 8.85. The fourth-order valence-corrected chi connectivity index (χ4v) is 3.65. The first-order valence-corrected chi connectivity index (χ1v) is 8.85. The van der Waals surface area contributed by atoms with E-state index in [0.29, 0.717) is 0 Å². The smallest absolute Gasteiger partial charge is 0.154 e. The second kappa shape index (κ2) is 5.32. The third-order valence-electron chi connectivity index (χ3n) is 5.06. The topological polar surface area (TPSA) is 61.8 Å². The maximum atomic E-state index is 4.88. The Labute approximate surface area is 154 Å². The van der Waals surface area contributed by atoms with Crippen molar-refractivity contribution in [3.8, 4) is 22.5 Å². The van der Waals surface area contributed by atoms with Crippen LogP contribution in [0.4, 0.5) is 0 Å². The Morgan fingerprint density at radius 3 is 2.19 bits per heavy atom. The Balaban J connectivity index is 1.53. The van der Waals surface area contributed by atoms with Crippen LogP contribution in [0, 0.1) is 0 Å². The normalized spacial score (nSPS) is 11.7. The summed E-state index contributed by atoms with van der Waals surface area (Å²) in [7, 11) is 0. The van der Waals surface area contributed by atoms with E-state index in [-0.39, 0.29) is 0 Å². The van der Waals surface area contributed by atoms with Crippen LogP contribution in [0.5, 0.6) is 0 Å². The lowest BCUT2D eigenvalue weighted by atomic mass is 10.1. The number of nitrogens with one attached hydrogen (secondary N) is 2. The highest BCUT2D eigenvalue weighted by Gasteiger charge is 2.10. The van der Waals surface area contributed by atoms with Gasteiger partial charge < -0.3 is 9.97 Å². The molecule has 0 amide bonds. The van der Waals surface area contributed by atoms with Gasteiger partial charge in [0.05, 0.1) is 17.6 Å². The molecule has 0 saturated heterocycles. The van der Waals surface area contributed by atoms with E-state index in [1.54, 1.807) is 0 Å². The van der Waals surface area contributed by atoms with Crippen LogP contribution in [0.25, 0.3) is 50.0 Å². The Hall–Kier alpha value is -3.86. The average Bonchev–Trinajstić information content (AvgIpc) is 3.44. The lowest BCUT2D eigenvalue weighted by Crippen LogP contribution is -1.96. The van der Waals surface area contributed by atoms with Crippen LogP contribution in [0.15, 0.2) is 79.3 Å². The maximum Gasteiger partial charge on any atom is 0.154 e. The molecule has 2 N–H and O–H groups in total. The van der Waals surface area contributed by atoms with Crippen LogP contribution in [-0.2, 0) is 0 Å². The van der Waals surface area contributed by atoms with Crippen LogP contribution in [0.2, 0.25) is 0 Å². The summed E-state index contributed by atoms with van der Waals surface area (Å²) in [5, 5.41) is 7.23. The molecular formula is C22H15N5. The number of aromatic amines is 2. The molecule has 0 fully saturated rings. The van der Waals surface area contributed by atoms with Gasteiger partial charge in [-0.05, 0) is 48.5 Å². The van der Waals surface area contributed by atoms with E-state index in [1.807, 2.05) is 35.2 Å². The van der Waals surface area contributed by atoms with Crippen LogP contribution in [-0.4, -0.2) is 24.6 Å². The lowest BCUT2D eigenvalue weighted by molar-refractivity contribution is 0.949. The van der Waals surface area contributed by atoms with Crippen molar-refractivity contribution >= 4 is 27.5 Å². The number of benzene rings is 2. The van der Waals surface area contributed by atoms with E-state index >= 15 is 0 Å². The molecule has 0 radical (unpaired) electrons. The molecule has 0 bridgehead atoms. The number of fused-ring (bicyclic) bond motifs is 3. The molecule has 0 atom stereocenters. The molecule has 4 aromatic heterocycles. The highest BCUT2D eigenvalue weighted by Crippen LogP contribution is 2.27. The lowest BCUT2D eigenvalue weighted by Gasteiger charge is -2.05. The molecule has 0 aliphatic rings. The van der Waals surface area contributed by atoms with E-state index in [1.165, 1.54) is 10.8 Å². The van der Waals surface area contributed by atoms with E-state index in [4.69, 9.17) is 5.10 Å². The largest absolute Gasteiger partial charge is 0.361 e. The van der Waals surface area contributed by atoms with Gasteiger partial charge in [-0.15, -0.1) is 0 Å². The van der Waals surface area contributed by atoms with Crippen LogP contribution >= 0.6 is 0 Å². The minimum atomic E-state index is 0.839. The summed E-state index contributed by atoms with van der Waals surface area (Å²) in [6.45, 7) is 0. The molecule has 2 aromatic carbocycles. The predicted molar refractivity (Wildman–Crippen MR) is 108 cm³/mol. The van der Waals surface area contributed by atoms with Gasteiger partial charge in [-0.1, -0.05) is 12.1 Å². The van der Waals surface area contributed by atoms with Crippen LogP contribution < -0.4 is 0 Å². The number of hydrogen-bond acceptors (Lipinski definition) is 2. The highest BCUT2D eigenvalue weighted by atomic mass is 15.3. The van der Waals surface area contributed by atoms with Gasteiger partial charge in [0.1, 0.15) is 0 Å². The molecule has 0 saturated carbocycles. The average molecular weight is 349 g/mol. The minimum absolute atomic E-state index is 0.839. The van der Waals surface area contributed by atoms with Gasteiger partial charge in [0.25, 0.3) is 0 Å². The molecule has 128 valence electrons. The van der Waals surface area contributed by atoms with Gasteiger partial charge in [0, 0.05) is 45.3 Å². The van der Waals surface area contributed by atoms with E-state index < -0.39 is 0 Å². The zero-order chi connectivity index (χ0) is 17.8. The zero-order valence-corrected chi connectivity index (χ0v) is 14.3. The van der Waals surface area contributed by atoms with Crippen molar-refractivity contribution in [2.24, 2.45) is 0 Å². The Kier molecular flexibility index (Phi) is 2.82. The fraction of sp³-hybridized carbons (Fsp3) is 0. The van der Waals surface area contributed by atoms with Crippen molar-refractivity contribution in [1.29, 1.82) is 0 Å². The summed E-state index contributed by atoms with van der Waals surface area (Å²) in [4.78, 5) is 11.0. The van der Waals surface area contributed by atoms with Crippen molar-refractivity contribution in [3.63, 3.8) is 0 Å². The first kappa shape index (κ1) is 14.3. The van der Waals surface area contributed by atoms with Gasteiger partial charge >= 0.3 is 0 Å². The minimum Gasteiger partial charge on any atom is -0.361 e. The SMILES string of the molecule is c1cc2cc(-c3ccc4ncc(-c5ccc6[nH]ccc6c5)n4n3)ccc2[nH]1. The summed E-state index contributed by atoms with van der Waals surface area (Å²) in [5.41, 5.74) is 7.19.